The van der Waals surface area contributed by atoms with E-state index in [0.29, 0.717) is 5.82 Å². The maximum Gasteiger partial charge on any atom is 0.311 e. The Kier molecular flexibility index (Phi) is 4.01. The number of hydrogen-bond donors (Lipinski definition) is 1. The summed E-state index contributed by atoms with van der Waals surface area (Å²) in [4.78, 5) is 15.5. The van der Waals surface area contributed by atoms with Gasteiger partial charge < -0.3 is 14.9 Å². The van der Waals surface area contributed by atoms with Gasteiger partial charge in [0.2, 0.25) is 0 Å². The molecule has 0 aliphatic carbocycles. The fourth-order valence-corrected chi connectivity index (χ4v) is 2.52. The van der Waals surface area contributed by atoms with Crippen LogP contribution in [0.15, 0.2) is 24.3 Å². The highest BCUT2D eigenvalue weighted by Crippen LogP contribution is 2.19. The van der Waals surface area contributed by atoms with E-state index < -0.39 is 5.97 Å². The molecule has 0 radical (unpaired) electrons. The lowest BCUT2D eigenvalue weighted by Gasteiger charge is -2.34. The number of carboxylic acid groups (broad SMARTS) is 1. The van der Waals surface area contributed by atoms with Gasteiger partial charge in [0.15, 0.2) is 5.82 Å². The lowest BCUT2D eigenvalue weighted by molar-refractivity contribution is -0.136. The number of carbonyl (C=O) groups is 1. The number of anilines is 1. The summed E-state index contributed by atoms with van der Waals surface area (Å²) in [6.07, 6.45) is -0.201. The van der Waals surface area contributed by atoms with Gasteiger partial charge in [-0.25, -0.2) is 0 Å². The number of piperazine rings is 1. The van der Waals surface area contributed by atoms with Crippen LogP contribution in [0.2, 0.25) is 0 Å². The zero-order valence-corrected chi connectivity index (χ0v) is 12.4. The van der Waals surface area contributed by atoms with Crippen LogP contribution in [0.4, 0.5) is 5.69 Å². The van der Waals surface area contributed by atoms with Gasteiger partial charge in [0.1, 0.15) is 6.42 Å². The van der Waals surface area contributed by atoms with E-state index in [9.17, 15) is 4.79 Å². The van der Waals surface area contributed by atoms with E-state index in [1.165, 1.54) is 4.68 Å². The van der Waals surface area contributed by atoms with Gasteiger partial charge in [-0.1, -0.05) is 0 Å². The predicted octanol–water partition coefficient (Wildman–Crippen LogP) is 0.0412. The fraction of sp³-hybridized carbons (Fsp3) is 0.429. The van der Waals surface area contributed by atoms with Crippen molar-refractivity contribution in [2.75, 3.05) is 38.1 Å². The standard InChI is InChI=1S/C14H18N6O2/c1-18-6-8-19(9-7-18)11-2-4-12(5-3-11)20-13(10-14(21)22)15-16-17-20/h2-5H,6-10H2,1H3,(H,21,22). The molecule has 2 aromatic rings. The molecule has 1 N–H and O–H groups in total. The van der Waals surface area contributed by atoms with Crippen LogP contribution in [0.3, 0.4) is 0 Å². The summed E-state index contributed by atoms with van der Waals surface area (Å²) in [6.45, 7) is 4.12. The zero-order chi connectivity index (χ0) is 15.5. The molecule has 1 fully saturated rings. The van der Waals surface area contributed by atoms with E-state index in [1.54, 1.807) is 0 Å². The van der Waals surface area contributed by atoms with Crippen molar-refractivity contribution in [1.29, 1.82) is 0 Å². The first kappa shape index (κ1) is 14.5. The second-order valence-corrected chi connectivity index (χ2v) is 5.38. The molecule has 0 amide bonds. The average molecular weight is 302 g/mol. The van der Waals surface area contributed by atoms with Crippen molar-refractivity contribution in [3.63, 3.8) is 0 Å². The molecule has 1 aromatic carbocycles. The molecule has 1 aliphatic rings. The summed E-state index contributed by atoms with van der Waals surface area (Å²) in [5.74, 6) is -0.634. The number of rotatable bonds is 4. The Labute approximate surface area is 127 Å². The van der Waals surface area contributed by atoms with Gasteiger partial charge in [-0.3, -0.25) is 4.79 Å². The Morgan fingerprint density at radius 1 is 1.14 bits per heavy atom. The van der Waals surface area contributed by atoms with Crippen molar-refractivity contribution < 1.29 is 9.90 Å². The fourth-order valence-electron chi connectivity index (χ4n) is 2.52. The number of nitrogens with zero attached hydrogens (tertiary/aromatic N) is 6. The van der Waals surface area contributed by atoms with E-state index >= 15 is 0 Å². The van der Waals surface area contributed by atoms with Crippen molar-refractivity contribution in [1.82, 2.24) is 25.1 Å². The molecule has 1 aliphatic heterocycles. The third-order valence-electron chi connectivity index (χ3n) is 3.81. The van der Waals surface area contributed by atoms with Gasteiger partial charge in [-0.05, 0) is 41.7 Å². The molecule has 1 aromatic heterocycles. The van der Waals surface area contributed by atoms with E-state index in [-0.39, 0.29) is 6.42 Å². The highest BCUT2D eigenvalue weighted by Gasteiger charge is 2.15. The van der Waals surface area contributed by atoms with Crippen molar-refractivity contribution in [2.24, 2.45) is 0 Å². The third kappa shape index (κ3) is 3.06. The van der Waals surface area contributed by atoms with Crippen LogP contribution in [0, 0.1) is 0 Å². The number of tetrazole rings is 1. The summed E-state index contributed by atoms with van der Waals surface area (Å²) in [6, 6.07) is 7.87. The molecule has 0 unspecified atom stereocenters. The number of aliphatic carboxylic acids is 1. The molecular weight excluding hydrogens is 284 g/mol. The lowest BCUT2D eigenvalue weighted by atomic mass is 10.2. The van der Waals surface area contributed by atoms with Crippen LogP contribution in [-0.4, -0.2) is 69.4 Å². The van der Waals surface area contributed by atoms with Crippen LogP contribution < -0.4 is 4.90 Å². The van der Waals surface area contributed by atoms with Crippen molar-refractivity contribution in [3.8, 4) is 5.69 Å². The van der Waals surface area contributed by atoms with Gasteiger partial charge >= 0.3 is 5.97 Å². The second-order valence-electron chi connectivity index (χ2n) is 5.38. The number of hydrogen-bond acceptors (Lipinski definition) is 6. The Balaban J connectivity index is 1.77. The normalized spacial score (nSPS) is 16.0. The summed E-state index contributed by atoms with van der Waals surface area (Å²) in [5, 5.41) is 20.1. The van der Waals surface area contributed by atoms with Crippen LogP contribution >= 0.6 is 0 Å². The van der Waals surface area contributed by atoms with Crippen LogP contribution in [0.5, 0.6) is 0 Å². The van der Waals surface area contributed by atoms with Crippen molar-refractivity contribution in [2.45, 2.75) is 6.42 Å². The molecule has 22 heavy (non-hydrogen) atoms. The minimum absolute atomic E-state index is 0.201. The van der Waals surface area contributed by atoms with Gasteiger partial charge in [0.05, 0.1) is 5.69 Å². The molecule has 116 valence electrons. The predicted molar refractivity (Wildman–Crippen MR) is 80.2 cm³/mol. The molecule has 0 saturated carbocycles. The van der Waals surface area contributed by atoms with Crippen LogP contribution in [0.1, 0.15) is 5.82 Å². The monoisotopic (exact) mass is 302 g/mol. The van der Waals surface area contributed by atoms with E-state index in [4.69, 9.17) is 5.11 Å². The molecule has 0 spiro atoms. The van der Waals surface area contributed by atoms with E-state index in [0.717, 1.165) is 37.6 Å². The first-order valence-electron chi connectivity index (χ1n) is 7.16. The minimum Gasteiger partial charge on any atom is -0.481 e. The van der Waals surface area contributed by atoms with Crippen LogP contribution in [0.25, 0.3) is 5.69 Å². The first-order valence-corrected chi connectivity index (χ1v) is 7.16. The quantitative estimate of drug-likeness (QED) is 0.853. The third-order valence-corrected chi connectivity index (χ3v) is 3.81. The number of carboxylic acids is 1. The van der Waals surface area contributed by atoms with Gasteiger partial charge in [-0.15, -0.1) is 5.10 Å². The summed E-state index contributed by atoms with van der Waals surface area (Å²) in [5.41, 5.74) is 1.92. The smallest absolute Gasteiger partial charge is 0.311 e. The Morgan fingerprint density at radius 2 is 1.77 bits per heavy atom. The summed E-state index contributed by atoms with van der Waals surface area (Å²) >= 11 is 0. The maximum absolute atomic E-state index is 10.8. The molecule has 2 heterocycles. The molecule has 8 nitrogen and oxygen atoms in total. The first-order chi connectivity index (χ1) is 10.6. The lowest BCUT2D eigenvalue weighted by Crippen LogP contribution is -2.44. The van der Waals surface area contributed by atoms with Crippen LogP contribution in [-0.2, 0) is 11.2 Å². The summed E-state index contributed by atoms with van der Waals surface area (Å²) < 4.78 is 1.46. The zero-order valence-electron chi connectivity index (χ0n) is 12.4. The average Bonchev–Trinajstić information content (AvgIpc) is 2.95. The highest BCUT2D eigenvalue weighted by molar-refractivity contribution is 5.69. The molecule has 3 rings (SSSR count). The van der Waals surface area contributed by atoms with Gasteiger partial charge in [0.25, 0.3) is 0 Å². The SMILES string of the molecule is CN1CCN(c2ccc(-n3nnnc3CC(=O)O)cc2)CC1. The number of aromatic nitrogens is 4. The number of benzene rings is 1. The largest absolute Gasteiger partial charge is 0.481 e. The summed E-state index contributed by atoms with van der Waals surface area (Å²) in [7, 11) is 2.13. The van der Waals surface area contributed by atoms with E-state index in [1.807, 2.05) is 24.3 Å². The highest BCUT2D eigenvalue weighted by atomic mass is 16.4. The second kappa shape index (κ2) is 6.10. The maximum atomic E-state index is 10.8. The Morgan fingerprint density at radius 3 is 2.41 bits per heavy atom. The Hall–Kier alpha value is -2.48. The molecule has 8 heteroatoms. The van der Waals surface area contributed by atoms with Gasteiger partial charge in [0, 0.05) is 31.9 Å². The van der Waals surface area contributed by atoms with Crippen molar-refractivity contribution in [3.05, 3.63) is 30.1 Å². The molecular formula is C14H18N6O2. The molecule has 0 bridgehead atoms. The molecule has 1 saturated heterocycles. The van der Waals surface area contributed by atoms with Crippen molar-refractivity contribution >= 4 is 11.7 Å². The topological polar surface area (TPSA) is 87.4 Å². The Bertz CT molecular complexity index is 646. The molecule has 0 atom stereocenters. The minimum atomic E-state index is -0.954. The number of likely N-dealkylation sites (N-methyl/N-ethyl adjacent to an activating group) is 1. The van der Waals surface area contributed by atoms with Gasteiger partial charge in [-0.2, -0.15) is 4.68 Å². The van der Waals surface area contributed by atoms with E-state index in [2.05, 4.69) is 32.4 Å².